The number of hydrogen-bond donors (Lipinski definition) is 2. The first-order chi connectivity index (χ1) is 13.1. The Kier molecular flexibility index (Phi) is 5.79. The molecule has 0 unspecified atom stereocenters. The van der Waals surface area contributed by atoms with E-state index in [-0.39, 0.29) is 11.6 Å². The highest BCUT2D eigenvalue weighted by molar-refractivity contribution is 5.92. The molecule has 3 aromatic carbocycles. The molecule has 0 aliphatic rings. The highest BCUT2D eigenvalue weighted by Crippen LogP contribution is 2.15. The van der Waals surface area contributed by atoms with Gasteiger partial charge in [-0.2, -0.15) is 0 Å². The van der Waals surface area contributed by atoms with Crippen LogP contribution in [-0.2, 0) is 17.8 Å². The van der Waals surface area contributed by atoms with Gasteiger partial charge in [-0.05, 0) is 35.4 Å². The number of nitrogens with zero attached hydrogens (tertiary/aromatic N) is 1. The average Bonchev–Trinajstić information content (AvgIpc) is 2.68. The highest BCUT2D eigenvalue weighted by atomic mass is 16.6. The number of hydrogen-bond acceptors (Lipinski definition) is 4. The first-order valence-electron chi connectivity index (χ1n) is 8.51. The van der Waals surface area contributed by atoms with E-state index in [1.165, 1.54) is 12.1 Å². The zero-order chi connectivity index (χ0) is 19.1. The number of nitrogens with one attached hydrogen (secondary N) is 2. The number of rotatable bonds is 7. The maximum absolute atomic E-state index is 12.1. The van der Waals surface area contributed by atoms with Gasteiger partial charge in [0.15, 0.2) is 0 Å². The first kappa shape index (κ1) is 18.1. The van der Waals surface area contributed by atoms with Crippen LogP contribution in [-0.4, -0.2) is 10.8 Å². The largest absolute Gasteiger partial charge is 0.381 e. The van der Waals surface area contributed by atoms with Crippen molar-refractivity contribution in [3.63, 3.8) is 0 Å². The summed E-state index contributed by atoms with van der Waals surface area (Å²) in [6, 6.07) is 23.4. The molecule has 2 N–H and O–H groups in total. The molecule has 0 fully saturated rings. The summed E-state index contributed by atoms with van der Waals surface area (Å²) in [6.07, 6.45) is 0.303. The Labute approximate surface area is 157 Å². The van der Waals surface area contributed by atoms with Crippen molar-refractivity contribution in [1.82, 2.24) is 0 Å². The van der Waals surface area contributed by atoms with Gasteiger partial charge in [-0.15, -0.1) is 0 Å². The number of carbonyl (C=O) groups is 1. The van der Waals surface area contributed by atoms with E-state index in [2.05, 4.69) is 10.6 Å². The van der Waals surface area contributed by atoms with Gasteiger partial charge in [0.2, 0.25) is 5.91 Å². The van der Waals surface area contributed by atoms with Crippen molar-refractivity contribution in [3.05, 3.63) is 100 Å². The summed E-state index contributed by atoms with van der Waals surface area (Å²) < 4.78 is 0. The lowest BCUT2D eigenvalue weighted by Gasteiger charge is -2.08. The molecule has 136 valence electrons. The quantitative estimate of drug-likeness (QED) is 0.483. The average molecular weight is 361 g/mol. The second kappa shape index (κ2) is 8.62. The fraction of sp³-hybridized carbons (Fsp3) is 0.0952. The molecule has 3 rings (SSSR count). The minimum Gasteiger partial charge on any atom is -0.381 e. The Morgan fingerprint density at radius 2 is 1.44 bits per heavy atom. The van der Waals surface area contributed by atoms with Crippen LogP contribution in [0.3, 0.4) is 0 Å². The van der Waals surface area contributed by atoms with Crippen molar-refractivity contribution in [2.24, 2.45) is 0 Å². The number of amides is 1. The maximum Gasteiger partial charge on any atom is 0.269 e. The monoisotopic (exact) mass is 361 g/mol. The molecule has 0 radical (unpaired) electrons. The number of benzene rings is 3. The van der Waals surface area contributed by atoms with Gasteiger partial charge >= 0.3 is 0 Å². The predicted octanol–water partition coefficient (Wildman–Crippen LogP) is 4.39. The van der Waals surface area contributed by atoms with Crippen molar-refractivity contribution in [3.8, 4) is 0 Å². The molecule has 0 heterocycles. The van der Waals surface area contributed by atoms with Crippen LogP contribution in [0.4, 0.5) is 17.1 Å². The lowest BCUT2D eigenvalue weighted by atomic mass is 10.1. The molecule has 0 spiro atoms. The SMILES string of the molecule is O=C(Cc1ccc(NCc2ccc([N+](=O)[O-])cc2)cc1)Nc1ccccc1. The first-order valence-corrected chi connectivity index (χ1v) is 8.51. The van der Waals surface area contributed by atoms with E-state index >= 15 is 0 Å². The van der Waals surface area contributed by atoms with Gasteiger partial charge < -0.3 is 10.6 Å². The molecule has 27 heavy (non-hydrogen) atoms. The summed E-state index contributed by atoms with van der Waals surface area (Å²) in [5, 5.41) is 16.8. The van der Waals surface area contributed by atoms with Gasteiger partial charge in [0.1, 0.15) is 0 Å². The number of para-hydroxylation sites is 1. The van der Waals surface area contributed by atoms with Crippen LogP contribution >= 0.6 is 0 Å². The number of nitro benzene ring substituents is 1. The third-order valence-electron chi connectivity index (χ3n) is 4.02. The van der Waals surface area contributed by atoms with Crippen molar-refractivity contribution in [2.75, 3.05) is 10.6 Å². The second-order valence-corrected chi connectivity index (χ2v) is 6.07. The fourth-order valence-corrected chi connectivity index (χ4v) is 2.59. The smallest absolute Gasteiger partial charge is 0.269 e. The molecule has 0 saturated heterocycles. The molecule has 3 aromatic rings. The van der Waals surface area contributed by atoms with Crippen LogP contribution in [0.5, 0.6) is 0 Å². The van der Waals surface area contributed by atoms with Gasteiger partial charge in [-0.3, -0.25) is 14.9 Å². The summed E-state index contributed by atoms with van der Waals surface area (Å²) in [4.78, 5) is 22.3. The van der Waals surface area contributed by atoms with Gasteiger partial charge in [0, 0.05) is 30.1 Å². The Bertz CT molecular complexity index is 908. The van der Waals surface area contributed by atoms with Crippen molar-refractivity contribution < 1.29 is 9.72 Å². The fourth-order valence-electron chi connectivity index (χ4n) is 2.59. The summed E-state index contributed by atoms with van der Waals surface area (Å²) in [7, 11) is 0. The Morgan fingerprint density at radius 1 is 0.815 bits per heavy atom. The Morgan fingerprint density at radius 3 is 2.07 bits per heavy atom. The molecule has 1 amide bonds. The van der Waals surface area contributed by atoms with Gasteiger partial charge in [-0.25, -0.2) is 0 Å². The van der Waals surface area contributed by atoms with Crippen LogP contribution in [0.25, 0.3) is 0 Å². The van der Waals surface area contributed by atoms with Crippen molar-refractivity contribution in [1.29, 1.82) is 0 Å². The lowest BCUT2D eigenvalue weighted by molar-refractivity contribution is -0.384. The van der Waals surface area contributed by atoms with Gasteiger partial charge in [-0.1, -0.05) is 42.5 Å². The normalized spacial score (nSPS) is 10.2. The molecule has 0 atom stereocenters. The summed E-state index contributed by atoms with van der Waals surface area (Å²) in [6.45, 7) is 0.561. The maximum atomic E-state index is 12.1. The second-order valence-electron chi connectivity index (χ2n) is 6.07. The predicted molar refractivity (Wildman–Crippen MR) is 106 cm³/mol. The van der Waals surface area contributed by atoms with Crippen molar-refractivity contribution >= 4 is 23.0 Å². The molecular weight excluding hydrogens is 342 g/mol. The molecule has 0 aliphatic heterocycles. The van der Waals surface area contributed by atoms with E-state index in [1.807, 2.05) is 54.6 Å². The van der Waals surface area contributed by atoms with Gasteiger partial charge in [0.25, 0.3) is 5.69 Å². The van der Waals surface area contributed by atoms with E-state index in [0.29, 0.717) is 13.0 Å². The zero-order valence-electron chi connectivity index (χ0n) is 14.6. The molecule has 6 heteroatoms. The third-order valence-corrected chi connectivity index (χ3v) is 4.02. The number of anilines is 2. The zero-order valence-corrected chi connectivity index (χ0v) is 14.6. The minimum absolute atomic E-state index is 0.0622. The number of nitro groups is 1. The molecule has 6 nitrogen and oxygen atoms in total. The van der Waals surface area contributed by atoms with E-state index in [4.69, 9.17) is 0 Å². The van der Waals surface area contributed by atoms with Gasteiger partial charge in [0.05, 0.1) is 11.3 Å². The molecular formula is C21H19N3O3. The lowest BCUT2D eigenvalue weighted by Crippen LogP contribution is -2.14. The topological polar surface area (TPSA) is 84.3 Å². The minimum atomic E-state index is -0.413. The highest BCUT2D eigenvalue weighted by Gasteiger charge is 2.05. The number of non-ortho nitro benzene ring substituents is 1. The Balaban J connectivity index is 1.51. The van der Waals surface area contributed by atoms with E-state index in [1.54, 1.807) is 12.1 Å². The molecule has 0 saturated carbocycles. The summed E-state index contributed by atoms with van der Waals surface area (Å²) >= 11 is 0. The Hall–Kier alpha value is -3.67. The van der Waals surface area contributed by atoms with Crippen molar-refractivity contribution in [2.45, 2.75) is 13.0 Å². The van der Waals surface area contributed by atoms with Crippen LogP contribution < -0.4 is 10.6 Å². The van der Waals surface area contributed by atoms with Crippen LogP contribution in [0.1, 0.15) is 11.1 Å². The number of carbonyl (C=O) groups excluding carboxylic acids is 1. The third kappa shape index (κ3) is 5.40. The molecule has 0 aliphatic carbocycles. The van der Waals surface area contributed by atoms with Crippen LogP contribution in [0.15, 0.2) is 78.9 Å². The summed E-state index contributed by atoms with van der Waals surface area (Å²) in [5.74, 6) is -0.0622. The van der Waals surface area contributed by atoms with Crippen LogP contribution in [0.2, 0.25) is 0 Å². The van der Waals surface area contributed by atoms with E-state index in [9.17, 15) is 14.9 Å². The van der Waals surface area contributed by atoms with Crippen LogP contribution in [0, 0.1) is 10.1 Å². The van der Waals surface area contributed by atoms with E-state index < -0.39 is 4.92 Å². The molecule has 0 aromatic heterocycles. The molecule has 0 bridgehead atoms. The standard InChI is InChI=1S/C21H19N3O3/c25-21(23-19-4-2-1-3-5-19)14-16-6-10-18(11-7-16)22-15-17-8-12-20(13-9-17)24(26)27/h1-13,22H,14-15H2,(H,23,25). The summed E-state index contributed by atoms with van der Waals surface area (Å²) in [5.41, 5.74) is 3.65. The van der Waals surface area contributed by atoms with E-state index in [0.717, 1.165) is 22.5 Å².